The molecule has 1 nitrogen and oxygen atoms in total. The second kappa shape index (κ2) is 11.7. The van der Waals surface area contributed by atoms with Crippen molar-refractivity contribution < 1.29 is 0 Å². The highest BCUT2D eigenvalue weighted by Crippen LogP contribution is 2.38. The molecule has 10 aromatic rings. The Morgan fingerprint density at radius 2 is 0.720 bits per heavy atom. The normalized spacial score (nSPS) is 11.6. The Hall–Kier alpha value is -6.22. The molecule has 0 radical (unpaired) electrons. The summed E-state index contributed by atoms with van der Waals surface area (Å²) >= 11 is 1.86. The highest BCUT2D eigenvalue weighted by atomic mass is 32.1. The molecule has 0 aliphatic heterocycles. The molecule has 234 valence electrons. The van der Waals surface area contributed by atoms with E-state index in [2.05, 4.69) is 193 Å². The quantitative estimate of drug-likeness (QED) is 0.174. The summed E-state index contributed by atoms with van der Waals surface area (Å²) in [4.78, 5) is 0. The van der Waals surface area contributed by atoms with E-state index < -0.39 is 0 Å². The molecule has 0 aliphatic carbocycles. The van der Waals surface area contributed by atoms with Gasteiger partial charge in [-0.2, -0.15) is 0 Å². The molecule has 0 fully saturated rings. The molecule has 10 rings (SSSR count). The lowest BCUT2D eigenvalue weighted by atomic mass is 9.99. The second-order valence-electron chi connectivity index (χ2n) is 13.0. The van der Waals surface area contributed by atoms with Crippen LogP contribution >= 0.6 is 11.3 Å². The van der Waals surface area contributed by atoms with Crippen molar-refractivity contribution in [2.75, 3.05) is 0 Å². The molecular formula is C48H31NS. The Balaban J connectivity index is 0.965. The zero-order chi connectivity index (χ0) is 33.0. The van der Waals surface area contributed by atoms with Crippen LogP contribution in [0.15, 0.2) is 188 Å². The Bertz CT molecular complexity index is 2820. The third kappa shape index (κ3) is 4.84. The molecule has 0 N–H and O–H groups in total. The van der Waals surface area contributed by atoms with Gasteiger partial charge >= 0.3 is 0 Å². The van der Waals surface area contributed by atoms with Gasteiger partial charge in [0.25, 0.3) is 0 Å². The number of para-hydroxylation sites is 1. The number of hydrogen-bond donors (Lipinski definition) is 0. The highest BCUT2D eigenvalue weighted by molar-refractivity contribution is 7.25. The first-order valence-corrected chi connectivity index (χ1v) is 17.9. The van der Waals surface area contributed by atoms with Crippen LogP contribution < -0.4 is 0 Å². The third-order valence-corrected chi connectivity index (χ3v) is 11.2. The maximum Gasteiger partial charge on any atom is 0.0541 e. The minimum Gasteiger partial charge on any atom is -0.309 e. The number of fused-ring (bicyclic) bond motifs is 6. The molecular weight excluding hydrogens is 623 g/mol. The predicted molar refractivity (Wildman–Crippen MR) is 215 cm³/mol. The second-order valence-corrected chi connectivity index (χ2v) is 14.0. The molecule has 0 bridgehead atoms. The van der Waals surface area contributed by atoms with Crippen molar-refractivity contribution in [2.45, 2.75) is 0 Å². The lowest BCUT2D eigenvalue weighted by Gasteiger charge is -2.10. The van der Waals surface area contributed by atoms with Gasteiger partial charge in [-0.15, -0.1) is 11.3 Å². The van der Waals surface area contributed by atoms with Crippen molar-refractivity contribution in [3.05, 3.63) is 188 Å². The summed E-state index contributed by atoms with van der Waals surface area (Å²) < 4.78 is 5.07. The van der Waals surface area contributed by atoms with Crippen molar-refractivity contribution in [1.29, 1.82) is 0 Å². The average molecular weight is 654 g/mol. The van der Waals surface area contributed by atoms with E-state index in [1.807, 2.05) is 11.3 Å². The molecule has 0 saturated carbocycles. The van der Waals surface area contributed by atoms with Crippen molar-refractivity contribution in [3.8, 4) is 50.2 Å². The summed E-state index contributed by atoms with van der Waals surface area (Å²) in [5.74, 6) is 0. The van der Waals surface area contributed by atoms with Crippen LogP contribution in [0.25, 0.3) is 92.2 Å². The van der Waals surface area contributed by atoms with Crippen molar-refractivity contribution in [3.63, 3.8) is 0 Å². The van der Waals surface area contributed by atoms with Crippen molar-refractivity contribution in [2.24, 2.45) is 0 Å². The van der Waals surface area contributed by atoms with E-state index in [-0.39, 0.29) is 0 Å². The van der Waals surface area contributed by atoms with Crippen LogP contribution in [0.5, 0.6) is 0 Å². The molecule has 50 heavy (non-hydrogen) atoms. The van der Waals surface area contributed by atoms with Gasteiger partial charge in [0, 0.05) is 36.6 Å². The summed E-state index contributed by atoms with van der Waals surface area (Å²) in [6.45, 7) is 0. The van der Waals surface area contributed by atoms with Gasteiger partial charge < -0.3 is 4.57 Å². The molecule has 0 aliphatic rings. The SMILES string of the molecule is c1ccc(-c2ccc(-c3ccc4c(c3)c3ccccc3n4-c3ccc(-c4ccc(-c5ccc6sc7ccccc7c6c5)cc4)cc3)cc2)cc1. The van der Waals surface area contributed by atoms with Gasteiger partial charge in [0.2, 0.25) is 0 Å². The molecule has 2 heterocycles. The van der Waals surface area contributed by atoms with Gasteiger partial charge in [-0.3, -0.25) is 0 Å². The van der Waals surface area contributed by atoms with E-state index in [1.165, 1.54) is 86.5 Å². The lowest BCUT2D eigenvalue weighted by molar-refractivity contribution is 1.18. The Labute approximate surface area is 295 Å². The predicted octanol–water partition coefficient (Wildman–Crippen LogP) is 13.8. The summed E-state index contributed by atoms with van der Waals surface area (Å²) in [6.07, 6.45) is 0. The van der Waals surface area contributed by atoms with Crippen LogP contribution in [0.2, 0.25) is 0 Å². The number of rotatable bonds is 5. The first-order chi connectivity index (χ1) is 24.8. The molecule has 0 atom stereocenters. The van der Waals surface area contributed by atoms with E-state index >= 15 is 0 Å². The van der Waals surface area contributed by atoms with Gasteiger partial charge in [0.05, 0.1) is 11.0 Å². The van der Waals surface area contributed by atoms with Gasteiger partial charge in [0.1, 0.15) is 0 Å². The van der Waals surface area contributed by atoms with Crippen LogP contribution in [0.4, 0.5) is 0 Å². The summed E-state index contributed by atoms with van der Waals surface area (Å²) in [5, 5.41) is 5.20. The van der Waals surface area contributed by atoms with Gasteiger partial charge in [-0.25, -0.2) is 0 Å². The smallest absolute Gasteiger partial charge is 0.0541 e. The maximum absolute atomic E-state index is 2.39. The Morgan fingerprint density at radius 3 is 1.40 bits per heavy atom. The fourth-order valence-corrected chi connectivity index (χ4v) is 8.57. The molecule has 0 amide bonds. The topological polar surface area (TPSA) is 4.93 Å². The van der Waals surface area contributed by atoms with Gasteiger partial charge in [-0.05, 0) is 93.0 Å². The molecule has 8 aromatic carbocycles. The van der Waals surface area contributed by atoms with Crippen molar-refractivity contribution >= 4 is 53.3 Å². The lowest BCUT2D eigenvalue weighted by Crippen LogP contribution is -1.93. The van der Waals surface area contributed by atoms with Crippen LogP contribution in [-0.4, -0.2) is 4.57 Å². The summed E-state index contributed by atoms with van der Waals surface area (Å²) in [6, 6.07) is 68.6. The molecule has 0 saturated heterocycles. The summed E-state index contributed by atoms with van der Waals surface area (Å²) in [7, 11) is 0. The standard InChI is InChI=1S/C48H31NS/c1-2-8-32(9-3-1)33-14-18-36(19-15-33)38-24-28-46-43(30-38)41-10-4-6-12-45(41)49(46)40-26-22-35(23-27-40)34-16-20-37(21-17-34)39-25-29-48-44(31-39)42-11-5-7-13-47(42)50-48/h1-31H. The van der Waals surface area contributed by atoms with E-state index in [9.17, 15) is 0 Å². The van der Waals surface area contributed by atoms with Gasteiger partial charge in [0.15, 0.2) is 0 Å². The molecule has 0 spiro atoms. The number of aromatic nitrogens is 1. The van der Waals surface area contributed by atoms with Gasteiger partial charge in [-0.1, -0.05) is 140 Å². The fourth-order valence-electron chi connectivity index (χ4n) is 7.48. The minimum absolute atomic E-state index is 1.16. The van der Waals surface area contributed by atoms with Crippen LogP contribution in [0, 0.1) is 0 Å². The average Bonchev–Trinajstić information content (AvgIpc) is 3.73. The number of benzene rings is 8. The number of thiophene rings is 1. The minimum atomic E-state index is 1.16. The largest absolute Gasteiger partial charge is 0.309 e. The van der Waals surface area contributed by atoms with Crippen LogP contribution in [0.1, 0.15) is 0 Å². The molecule has 2 aromatic heterocycles. The van der Waals surface area contributed by atoms with E-state index in [0.29, 0.717) is 0 Å². The fraction of sp³-hybridized carbons (Fsp3) is 0. The Kier molecular flexibility index (Phi) is 6.75. The number of nitrogens with zero attached hydrogens (tertiary/aromatic N) is 1. The third-order valence-electron chi connectivity index (χ3n) is 10.1. The first-order valence-electron chi connectivity index (χ1n) is 17.1. The van der Waals surface area contributed by atoms with Crippen LogP contribution in [0.3, 0.4) is 0 Å². The van der Waals surface area contributed by atoms with E-state index in [0.717, 1.165) is 5.69 Å². The molecule has 2 heteroatoms. The summed E-state index contributed by atoms with van der Waals surface area (Å²) in [5.41, 5.74) is 13.4. The zero-order valence-corrected chi connectivity index (χ0v) is 28.1. The van der Waals surface area contributed by atoms with Crippen molar-refractivity contribution in [1.82, 2.24) is 4.57 Å². The highest BCUT2D eigenvalue weighted by Gasteiger charge is 2.14. The monoisotopic (exact) mass is 653 g/mol. The van der Waals surface area contributed by atoms with E-state index in [4.69, 9.17) is 0 Å². The zero-order valence-electron chi connectivity index (χ0n) is 27.3. The van der Waals surface area contributed by atoms with Crippen LogP contribution in [-0.2, 0) is 0 Å². The molecule has 0 unspecified atom stereocenters. The Morgan fingerprint density at radius 1 is 0.280 bits per heavy atom. The maximum atomic E-state index is 2.39. The first kappa shape index (κ1) is 28.8. The number of hydrogen-bond acceptors (Lipinski definition) is 1. The van der Waals surface area contributed by atoms with E-state index in [1.54, 1.807) is 0 Å².